The molecule has 3 rings (SSSR count). The number of ether oxygens (including phenoxy) is 1. The third-order valence-electron chi connectivity index (χ3n) is 2.86. The third kappa shape index (κ3) is 2.58. The SMILES string of the molecule is CCOc1nc(Sc2cc3ccccc3[nH]2)ccc1N. The van der Waals surface area contributed by atoms with E-state index in [4.69, 9.17) is 10.5 Å². The smallest absolute Gasteiger partial charge is 0.238 e. The van der Waals surface area contributed by atoms with Crippen molar-refractivity contribution in [2.45, 2.75) is 17.0 Å². The Morgan fingerprint density at radius 3 is 2.90 bits per heavy atom. The van der Waals surface area contributed by atoms with Crippen LogP contribution < -0.4 is 10.5 Å². The van der Waals surface area contributed by atoms with Crippen LogP contribution >= 0.6 is 11.8 Å². The zero-order valence-electron chi connectivity index (χ0n) is 11.1. The lowest BCUT2D eigenvalue weighted by Crippen LogP contribution is -1.99. The predicted molar refractivity (Wildman–Crippen MR) is 82.2 cm³/mol. The van der Waals surface area contributed by atoms with Crippen LogP contribution in [0.4, 0.5) is 5.69 Å². The number of nitrogens with one attached hydrogen (secondary N) is 1. The molecule has 0 aliphatic heterocycles. The molecular formula is C15H15N3OS. The summed E-state index contributed by atoms with van der Waals surface area (Å²) in [6, 6.07) is 14.0. The zero-order chi connectivity index (χ0) is 13.9. The average molecular weight is 285 g/mol. The largest absolute Gasteiger partial charge is 0.476 e. The van der Waals surface area contributed by atoms with Gasteiger partial charge in [0.2, 0.25) is 5.88 Å². The Morgan fingerprint density at radius 1 is 1.25 bits per heavy atom. The second kappa shape index (κ2) is 5.46. The number of benzene rings is 1. The normalized spacial score (nSPS) is 10.8. The van der Waals surface area contributed by atoms with E-state index in [1.807, 2.05) is 31.2 Å². The van der Waals surface area contributed by atoms with Crippen LogP contribution in [0, 0.1) is 0 Å². The van der Waals surface area contributed by atoms with Crippen LogP contribution in [0.25, 0.3) is 10.9 Å². The van der Waals surface area contributed by atoms with E-state index in [0.29, 0.717) is 18.2 Å². The number of aromatic amines is 1. The molecule has 0 unspecified atom stereocenters. The number of aromatic nitrogens is 2. The van der Waals surface area contributed by atoms with Gasteiger partial charge in [-0.25, -0.2) is 4.98 Å². The molecular weight excluding hydrogens is 270 g/mol. The predicted octanol–water partition coefficient (Wildman–Crippen LogP) is 3.70. The summed E-state index contributed by atoms with van der Waals surface area (Å²) in [6.07, 6.45) is 0. The Bertz CT molecular complexity index is 706. The lowest BCUT2D eigenvalue weighted by Gasteiger charge is -2.06. The van der Waals surface area contributed by atoms with E-state index in [2.05, 4.69) is 28.2 Å². The fourth-order valence-electron chi connectivity index (χ4n) is 1.96. The van der Waals surface area contributed by atoms with Gasteiger partial charge in [-0.2, -0.15) is 0 Å². The molecule has 0 spiro atoms. The molecule has 0 bridgehead atoms. The Hall–Kier alpha value is -2.14. The van der Waals surface area contributed by atoms with Crippen LogP contribution in [0.1, 0.15) is 6.92 Å². The summed E-state index contributed by atoms with van der Waals surface area (Å²) >= 11 is 1.56. The number of hydrogen-bond acceptors (Lipinski definition) is 4. The van der Waals surface area contributed by atoms with E-state index in [9.17, 15) is 0 Å². The summed E-state index contributed by atoms with van der Waals surface area (Å²) in [6.45, 7) is 2.47. The molecule has 0 radical (unpaired) electrons. The molecule has 3 N–H and O–H groups in total. The minimum absolute atomic E-state index is 0.494. The summed E-state index contributed by atoms with van der Waals surface area (Å²) < 4.78 is 5.41. The summed E-state index contributed by atoms with van der Waals surface area (Å²) in [5.74, 6) is 0.494. The van der Waals surface area contributed by atoms with E-state index < -0.39 is 0 Å². The standard InChI is InChI=1S/C15H15N3OS/c1-2-19-15-11(16)7-8-13(18-15)20-14-9-10-5-3-4-6-12(10)17-14/h3-9,17H,2,16H2,1H3. The number of fused-ring (bicyclic) bond motifs is 1. The van der Waals surface area contributed by atoms with Gasteiger partial charge in [0, 0.05) is 10.9 Å². The van der Waals surface area contributed by atoms with E-state index in [-0.39, 0.29) is 0 Å². The van der Waals surface area contributed by atoms with E-state index >= 15 is 0 Å². The Morgan fingerprint density at radius 2 is 2.10 bits per heavy atom. The van der Waals surface area contributed by atoms with E-state index in [1.54, 1.807) is 11.8 Å². The molecule has 0 saturated carbocycles. The maximum Gasteiger partial charge on any atom is 0.238 e. The van der Waals surface area contributed by atoms with Crippen LogP contribution in [0.3, 0.4) is 0 Å². The van der Waals surface area contributed by atoms with Crippen molar-refractivity contribution in [3.8, 4) is 5.88 Å². The number of pyridine rings is 1. The van der Waals surface area contributed by atoms with Gasteiger partial charge >= 0.3 is 0 Å². The van der Waals surface area contributed by atoms with Crippen molar-refractivity contribution < 1.29 is 4.74 Å². The number of anilines is 1. The monoisotopic (exact) mass is 285 g/mol. The number of rotatable bonds is 4. The Labute approximate surface area is 121 Å². The fraction of sp³-hybridized carbons (Fsp3) is 0.133. The molecule has 2 aromatic heterocycles. The van der Waals surface area contributed by atoms with Gasteiger partial charge in [-0.3, -0.25) is 0 Å². The van der Waals surface area contributed by atoms with Crippen molar-refractivity contribution in [2.24, 2.45) is 0 Å². The molecule has 1 aromatic carbocycles. The Balaban J connectivity index is 1.88. The van der Waals surface area contributed by atoms with Crippen LogP contribution in [0.2, 0.25) is 0 Å². The van der Waals surface area contributed by atoms with Gasteiger partial charge in [0.05, 0.1) is 17.3 Å². The summed E-state index contributed by atoms with van der Waals surface area (Å²) in [4.78, 5) is 7.78. The molecule has 4 nitrogen and oxygen atoms in total. The average Bonchev–Trinajstić information content (AvgIpc) is 2.85. The minimum atomic E-state index is 0.494. The number of nitrogen functional groups attached to an aromatic ring is 1. The van der Waals surface area contributed by atoms with Crippen LogP contribution in [-0.2, 0) is 0 Å². The first kappa shape index (κ1) is 12.9. The van der Waals surface area contributed by atoms with E-state index in [1.165, 1.54) is 5.39 Å². The molecule has 0 amide bonds. The molecule has 0 saturated heterocycles. The molecule has 102 valence electrons. The molecule has 3 aromatic rings. The van der Waals surface area contributed by atoms with Gasteiger partial charge in [-0.1, -0.05) is 30.0 Å². The first-order valence-corrected chi connectivity index (χ1v) is 7.23. The van der Waals surface area contributed by atoms with Crippen molar-refractivity contribution in [1.82, 2.24) is 9.97 Å². The highest BCUT2D eigenvalue weighted by Crippen LogP contribution is 2.31. The Kier molecular flexibility index (Phi) is 3.52. The fourth-order valence-corrected chi connectivity index (χ4v) is 2.79. The molecule has 0 aliphatic carbocycles. The van der Waals surface area contributed by atoms with Gasteiger partial charge in [0.15, 0.2) is 0 Å². The maximum atomic E-state index is 5.83. The molecule has 5 heteroatoms. The molecule has 2 heterocycles. The number of nitrogens with zero attached hydrogens (tertiary/aromatic N) is 1. The summed E-state index contributed by atoms with van der Waals surface area (Å²) in [5, 5.41) is 3.09. The highest BCUT2D eigenvalue weighted by molar-refractivity contribution is 7.99. The van der Waals surface area contributed by atoms with Crippen LogP contribution in [0.5, 0.6) is 5.88 Å². The summed E-state index contributed by atoms with van der Waals surface area (Å²) in [7, 11) is 0. The first-order valence-electron chi connectivity index (χ1n) is 6.41. The topological polar surface area (TPSA) is 63.9 Å². The molecule has 0 atom stereocenters. The first-order chi connectivity index (χ1) is 9.76. The zero-order valence-corrected chi connectivity index (χ0v) is 11.9. The quantitative estimate of drug-likeness (QED) is 0.767. The van der Waals surface area contributed by atoms with Gasteiger partial charge in [0.25, 0.3) is 0 Å². The van der Waals surface area contributed by atoms with Gasteiger partial charge in [-0.15, -0.1) is 0 Å². The van der Waals surface area contributed by atoms with Crippen LogP contribution in [0.15, 0.2) is 52.5 Å². The second-order valence-electron chi connectivity index (χ2n) is 4.30. The maximum absolute atomic E-state index is 5.83. The van der Waals surface area contributed by atoms with E-state index in [0.717, 1.165) is 15.6 Å². The van der Waals surface area contributed by atoms with Crippen molar-refractivity contribution >= 4 is 28.4 Å². The number of nitrogens with two attached hydrogens (primary N) is 1. The van der Waals surface area contributed by atoms with Crippen LogP contribution in [-0.4, -0.2) is 16.6 Å². The third-order valence-corrected chi connectivity index (χ3v) is 3.74. The lowest BCUT2D eigenvalue weighted by atomic mass is 10.3. The molecule has 0 fully saturated rings. The lowest BCUT2D eigenvalue weighted by molar-refractivity contribution is 0.326. The van der Waals surface area contributed by atoms with Gasteiger partial charge < -0.3 is 15.5 Å². The van der Waals surface area contributed by atoms with Gasteiger partial charge in [-0.05, 0) is 31.2 Å². The van der Waals surface area contributed by atoms with Crippen molar-refractivity contribution in [3.05, 3.63) is 42.5 Å². The van der Waals surface area contributed by atoms with Crippen molar-refractivity contribution in [1.29, 1.82) is 0 Å². The van der Waals surface area contributed by atoms with Crippen molar-refractivity contribution in [3.63, 3.8) is 0 Å². The minimum Gasteiger partial charge on any atom is -0.476 e. The van der Waals surface area contributed by atoms with Gasteiger partial charge in [0.1, 0.15) is 5.03 Å². The number of hydrogen-bond donors (Lipinski definition) is 2. The van der Waals surface area contributed by atoms with Crippen molar-refractivity contribution in [2.75, 3.05) is 12.3 Å². The highest BCUT2D eigenvalue weighted by atomic mass is 32.2. The number of para-hydroxylation sites is 1. The summed E-state index contributed by atoms with van der Waals surface area (Å²) in [5.41, 5.74) is 7.51. The second-order valence-corrected chi connectivity index (χ2v) is 5.36. The molecule has 0 aliphatic rings. The number of H-pyrrole nitrogens is 1. The highest BCUT2D eigenvalue weighted by Gasteiger charge is 2.07. The molecule has 20 heavy (non-hydrogen) atoms.